The van der Waals surface area contributed by atoms with Crippen LogP contribution in [0.5, 0.6) is 0 Å². The van der Waals surface area contributed by atoms with Crippen LogP contribution in [0, 0.1) is 5.82 Å². The summed E-state index contributed by atoms with van der Waals surface area (Å²) >= 11 is 0. The predicted octanol–water partition coefficient (Wildman–Crippen LogP) is 0.868. The van der Waals surface area contributed by atoms with Gasteiger partial charge in [-0.05, 0) is 17.7 Å². The van der Waals surface area contributed by atoms with Crippen molar-refractivity contribution in [1.29, 1.82) is 0 Å². The number of carboxylic acid groups (broad SMARTS) is 1. The Labute approximate surface area is 107 Å². The minimum Gasteiger partial charge on any atom is -0.478 e. The van der Waals surface area contributed by atoms with Crippen LogP contribution in [0.25, 0.3) is 0 Å². The van der Waals surface area contributed by atoms with Crippen molar-refractivity contribution in [3.05, 3.63) is 53.1 Å². The standard InChI is InChI=1S/C12H10FN3O3/c13-10-3-7(1-2-9(10)12(18)19)5-16-6-8(4-15-16)11(14)17/h1-4,6H,5H2,(H2,14,17)(H,18,19). The second kappa shape index (κ2) is 4.89. The number of primary amides is 1. The van der Waals surface area contributed by atoms with Crippen LogP contribution in [0.3, 0.4) is 0 Å². The maximum absolute atomic E-state index is 13.5. The lowest BCUT2D eigenvalue weighted by molar-refractivity contribution is 0.0691. The van der Waals surface area contributed by atoms with Gasteiger partial charge >= 0.3 is 5.97 Å². The molecule has 0 aliphatic heterocycles. The Balaban J connectivity index is 2.21. The summed E-state index contributed by atoms with van der Waals surface area (Å²) in [4.78, 5) is 21.5. The highest BCUT2D eigenvalue weighted by atomic mass is 19.1. The average molecular weight is 263 g/mol. The number of carbonyl (C=O) groups excluding carboxylic acids is 1. The van der Waals surface area contributed by atoms with Crippen molar-refractivity contribution in [3.8, 4) is 0 Å². The van der Waals surface area contributed by atoms with E-state index in [1.807, 2.05) is 0 Å². The van der Waals surface area contributed by atoms with E-state index < -0.39 is 17.7 Å². The fourth-order valence-electron chi connectivity index (χ4n) is 1.59. The quantitative estimate of drug-likeness (QED) is 0.854. The minimum atomic E-state index is -1.32. The molecule has 0 unspecified atom stereocenters. The summed E-state index contributed by atoms with van der Waals surface area (Å²) in [7, 11) is 0. The van der Waals surface area contributed by atoms with E-state index in [1.54, 1.807) is 0 Å². The molecule has 2 aromatic rings. The molecule has 0 atom stereocenters. The van der Waals surface area contributed by atoms with Gasteiger partial charge in [-0.2, -0.15) is 5.10 Å². The van der Waals surface area contributed by atoms with Gasteiger partial charge in [0.2, 0.25) is 0 Å². The van der Waals surface area contributed by atoms with E-state index in [9.17, 15) is 14.0 Å². The highest BCUT2D eigenvalue weighted by Gasteiger charge is 2.11. The number of halogens is 1. The van der Waals surface area contributed by atoms with E-state index in [4.69, 9.17) is 10.8 Å². The van der Waals surface area contributed by atoms with Gasteiger partial charge in [-0.15, -0.1) is 0 Å². The van der Waals surface area contributed by atoms with Crippen LogP contribution in [0.1, 0.15) is 26.3 Å². The number of nitrogens with zero attached hydrogens (tertiary/aromatic N) is 2. The Morgan fingerprint density at radius 1 is 1.42 bits per heavy atom. The summed E-state index contributed by atoms with van der Waals surface area (Å²) in [6.45, 7) is 0.212. The molecule has 19 heavy (non-hydrogen) atoms. The molecule has 1 aromatic heterocycles. The first-order valence-corrected chi connectivity index (χ1v) is 5.31. The third-order valence-electron chi connectivity index (χ3n) is 2.53. The molecule has 0 fully saturated rings. The van der Waals surface area contributed by atoms with Gasteiger partial charge in [-0.25, -0.2) is 9.18 Å². The second-order valence-electron chi connectivity index (χ2n) is 3.91. The third-order valence-corrected chi connectivity index (χ3v) is 2.53. The Morgan fingerprint density at radius 2 is 2.16 bits per heavy atom. The summed E-state index contributed by atoms with van der Waals surface area (Å²) in [5, 5.41) is 12.6. The lowest BCUT2D eigenvalue weighted by Crippen LogP contribution is -2.09. The molecule has 0 bridgehead atoms. The normalized spacial score (nSPS) is 10.4. The molecule has 98 valence electrons. The maximum Gasteiger partial charge on any atom is 0.338 e. The molecule has 0 saturated carbocycles. The van der Waals surface area contributed by atoms with E-state index in [1.165, 1.54) is 29.2 Å². The number of carbonyl (C=O) groups is 2. The highest BCUT2D eigenvalue weighted by Crippen LogP contribution is 2.12. The lowest BCUT2D eigenvalue weighted by atomic mass is 10.1. The topological polar surface area (TPSA) is 98.2 Å². The maximum atomic E-state index is 13.5. The number of aromatic carboxylic acids is 1. The molecule has 6 nitrogen and oxygen atoms in total. The zero-order valence-corrected chi connectivity index (χ0v) is 9.71. The highest BCUT2D eigenvalue weighted by molar-refractivity contribution is 5.92. The molecule has 0 radical (unpaired) electrons. The molecule has 1 aromatic carbocycles. The zero-order chi connectivity index (χ0) is 14.0. The largest absolute Gasteiger partial charge is 0.478 e. The SMILES string of the molecule is NC(=O)c1cnn(Cc2ccc(C(=O)O)c(F)c2)c1. The van der Waals surface area contributed by atoms with Crippen LogP contribution in [-0.4, -0.2) is 26.8 Å². The summed E-state index contributed by atoms with van der Waals surface area (Å²) in [6, 6.07) is 3.79. The van der Waals surface area contributed by atoms with Crippen molar-refractivity contribution in [1.82, 2.24) is 9.78 Å². The molecule has 0 spiro atoms. The van der Waals surface area contributed by atoms with Crippen LogP contribution in [-0.2, 0) is 6.54 Å². The van der Waals surface area contributed by atoms with Crippen LogP contribution in [0.15, 0.2) is 30.6 Å². The van der Waals surface area contributed by atoms with Gasteiger partial charge in [-0.1, -0.05) is 6.07 Å². The summed E-state index contributed by atoms with van der Waals surface area (Å²) in [6.07, 6.45) is 2.75. The zero-order valence-electron chi connectivity index (χ0n) is 9.71. The van der Waals surface area contributed by atoms with Crippen LogP contribution >= 0.6 is 0 Å². The number of hydrogen-bond donors (Lipinski definition) is 2. The molecule has 7 heteroatoms. The summed E-state index contributed by atoms with van der Waals surface area (Å²) in [5.41, 5.74) is 5.47. The van der Waals surface area contributed by atoms with Crippen molar-refractivity contribution >= 4 is 11.9 Å². The smallest absolute Gasteiger partial charge is 0.338 e. The number of aromatic nitrogens is 2. The number of rotatable bonds is 4. The number of carboxylic acids is 1. The van der Waals surface area contributed by atoms with Crippen LogP contribution in [0.2, 0.25) is 0 Å². The first-order chi connectivity index (χ1) is 8.97. The van der Waals surface area contributed by atoms with Gasteiger partial charge < -0.3 is 10.8 Å². The van der Waals surface area contributed by atoms with Crippen LogP contribution in [0.4, 0.5) is 4.39 Å². The molecule has 3 N–H and O–H groups in total. The fraction of sp³-hybridized carbons (Fsp3) is 0.0833. The Kier molecular flexibility index (Phi) is 3.28. The molecular formula is C12H10FN3O3. The van der Waals surface area contributed by atoms with Gasteiger partial charge in [0, 0.05) is 6.20 Å². The molecule has 1 heterocycles. The molecule has 0 aliphatic carbocycles. The molecule has 1 amide bonds. The Hall–Kier alpha value is -2.70. The number of amides is 1. The van der Waals surface area contributed by atoms with Gasteiger partial charge in [0.25, 0.3) is 5.91 Å². The van der Waals surface area contributed by atoms with Crippen molar-refractivity contribution in [2.24, 2.45) is 5.73 Å². The Bertz CT molecular complexity index is 651. The van der Waals surface area contributed by atoms with E-state index in [-0.39, 0.29) is 17.7 Å². The van der Waals surface area contributed by atoms with E-state index in [2.05, 4.69) is 5.10 Å². The van der Waals surface area contributed by atoms with Gasteiger partial charge in [0.05, 0.1) is 23.9 Å². The molecule has 2 rings (SSSR count). The van der Waals surface area contributed by atoms with Crippen molar-refractivity contribution in [3.63, 3.8) is 0 Å². The number of hydrogen-bond acceptors (Lipinski definition) is 3. The lowest BCUT2D eigenvalue weighted by Gasteiger charge is -2.03. The summed E-state index contributed by atoms with van der Waals surface area (Å²) in [5.74, 6) is -2.73. The van der Waals surface area contributed by atoms with Crippen molar-refractivity contribution in [2.45, 2.75) is 6.54 Å². The van der Waals surface area contributed by atoms with Gasteiger partial charge in [0.15, 0.2) is 0 Å². The second-order valence-corrected chi connectivity index (χ2v) is 3.91. The number of nitrogens with two attached hydrogens (primary N) is 1. The van der Waals surface area contributed by atoms with Gasteiger partial charge in [-0.3, -0.25) is 9.48 Å². The van der Waals surface area contributed by atoms with E-state index >= 15 is 0 Å². The van der Waals surface area contributed by atoms with Crippen molar-refractivity contribution in [2.75, 3.05) is 0 Å². The van der Waals surface area contributed by atoms with E-state index in [0.29, 0.717) is 5.56 Å². The fourth-order valence-corrected chi connectivity index (χ4v) is 1.59. The number of benzene rings is 1. The van der Waals surface area contributed by atoms with Crippen molar-refractivity contribution < 1.29 is 19.1 Å². The monoisotopic (exact) mass is 263 g/mol. The molecule has 0 aliphatic rings. The molecule has 0 saturated heterocycles. The predicted molar refractivity (Wildman–Crippen MR) is 63.2 cm³/mol. The van der Waals surface area contributed by atoms with Crippen LogP contribution < -0.4 is 5.73 Å². The van der Waals surface area contributed by atoms with E-state index in [0.717, 1.165) is 6.07 Å². The third kappa shape index (κ3) is 2.76. The first-order valence-electron chi connectivity index (χ1n) is 5.31. The first kappa shape index (κ1) is 12.7. The minimum absolute atomic E-state index is 0.212. The average Bonchev–Trinajstić information content (AvgIpc) is 2.77. The summed E-state index contributed by atoms with van der Waals surface area (Å²) < 4.78 is 14.9. The molecular weight excluding hydrogens is 253 g/mol. The Morgan fingerprint density at radius 3 is 2.68 bits per heavy atom. The van der Waals surface area contributed by atoms with Gasteiger partial charge in [0.1, 0.15) is 5.82 Å².